The monoisotopic (exact) mass is 415 g/mol. The highest BCUT2D eigenvalue weighted by Gasteiger charge is 2.11. The van der Waals surface area contributed by atoms with Gasteiger partial charge in [-0.3, -0.25) is 0 Å². The van der Waals surface area contributed by atoms with Crippen LogP contribution in [0.4, 0.5) is 10.1 Å². The predicted molar refractivity (Wildman–Crippen MR) is 109 cm³/mol. The van der Waals surface area contributed by atoms with E-state index in [1.165, 1.54) is 31.4 Å². The van der Waals surface area contributed by atoms with Crippen LogP contribution in [-0.4, -0.2) is 18.2 Å². The standard InChI is InChI=1S/C22H19ClFNO4/c1-28-21-8-4-15(22(26)27)11-19(21)25-12-16-10-17(23)5-9-20(16)29-13-14-2-6-18(24)7-3-14/h2-11,25H,12-13H2,1H3,(H,26,27). The van der Waals surface area contributed by atoms with Crippen molar-refractivity contribution in [2.45, 2.75) is 13.2 Å². The molecule has 0 amide bonds. The maximum Gasteiger partial charge on any atom is 0.335 e. The summed E-state index contributed by atoms with van der Waals surface area (Å²) in [6.07, 6.45) is 0. The lowest BCUT2D eigenvalue weighted by molar-refractivity contribution is 0.0697. The molecule has 7 heteroatoms. The molecule has 0 heterocycles. The second kappa shape index (κ2) is 9.30. The Balaban J connectivity index is 1.77. The highest BCUT2D eigenvalue weighted by molar-refractivity contribution is 6.30. The number of carbonyl (C=O) groups is 1. The van der Waals surface area contributed by atoms with Crippen LogP contribution in [0.5, 0.6) is 11.5 Å². The summed E-state index contributed by atoms with van der Waals surface area (Å²) < 4.78 is 24.2. The van der Waals surface area contributed by atoms with Crippen molar-refractivity contribution in [2.75, 3.05) is 12.4 Å². The van der Waals surface area contributed by atoms with Crippen molar-refractivity contribution in [3.05, 3.63) is 88.2 Å². The number of ether oxygens (including phenoxy) is 2. The number of benzene rings is 3. The minimum absolute atomic E-state index is 0.146. The molecule has 0 unspecified atom stereocenters. The number of aromatic carboxylic acids is 1. The number of hydrogen-bond acceptors (Lipinski definition) is 4. The van der Waals surface area contributed by atoms with Gasteiger partial charge < -0.3 is 19.9 Å². The molecule has 0 aliphatic carbocycles. The molecular formula is C22H19ClFNO4. The third kappa shape index (κ3) is 5.39. The van der Waals surface area contributed by atoms with Crippen molar-refractivity contribution in [1.29, 1.82) is 0 Å². The third-order valence-corrected chi connectivity index (χ3v) is 4.48. The highest BCUT2D eigenvalue weighted by Crippen LogP contribution is 2.29. The summed E-state index contributed by atoms with van der Waals surface area (Å²) in [6, 6.07) is 15.9. The number of hydrogen-bond donors (Lipinski definition) is 2. The zero-order valence-electron chi connectivity index (χ0n) is 15.6. The smallest absolute Gasteiger partial charge is 0.335 e. The largest absolute Gasteiger partial charge is 0.495 e. The molecule has 0 aliphatic heterocycles. The number of carboxylic acids is 1. The minimum atomic E-state index is -1.03. The van der Waals surface area contributed by atoms with Crippen LogP contribution in [0.3, 0.4) is 0 Å². The van der Waals surface area contributed by atoms with Gasteiger partial charge >= 0.3 is 5.97 Å². The first-order valence-corrected chi connectivity index (χ1v) is 9.15. The third-order valence-electron chi connectivity index (χ3n) is 4.25. The molecule has 3 rings (SSSR count). The molecule has 3 aromatic rings. The normalized spacial score (nSPS) is 10.4. The lowest BCUT2D eigenvalue weighted by Gasteiger charge is -2.15. The van der Waals surface area contributed by atoms with Crippen LogP contribution in [0.15, 0.2) is 60.7 Å². The fourth-order valence-electron chi connectivity index (χ4n) is 2.74. The molecule has 0 radical (unpaired) electrons. The molecule has 3 aromatic carbocycles. The van der Waals surface area contributed by atoms with Crippen LogP contribution >= 0.6 is 11.6 Å². The average Bonchev–Trinajstić information content (AvgIpc) is 2.72. The fraction of sp³-hybridized carbons (Fsp3) is 0.136. The van der Waals surface area contributed by atoms with Crippen LogP contribution in [0.1, 0.15) is 21.5 Å². The van der Waals surface area contributed by atoms with E-state index in [0.29, 0.717) is 28.8 Å². The van der Waals surface area contributed by atoms with Crippen LogP contribution in [0.2, 0.25) is 5.02 Å². The van der Waals surface area contributed by atoms with E-state index in [1.54, 1.807) is 36.4 Å². The van der Waals surface area contributed by atoms with Gasteiger partial charge in [-0.25, -0.2) is 9.18 Å². The Morgan fingerprint density at radius 1 is 1.07 bits per heavy atom. The van der Waals surface area contributed by atoms with Gasteiger partial charge in [0.2, 0.25) is 0 Å². The van der Waals surface area contributed by atoms with Gasteiger partial charge in [-0.15, -0.1) is 0 Å². The van der Waals surface area contributed by atoms with Crippen molar-refractivity contribution >= 4 is 23.3 Å². The molecule has 0 saturated heterocycles. The lowest BCUT2D eigenvalue weighted by Crippen LogP contribution is -2.06. The Bertz CT molecular complexity index is 1010. The van der Waals surface area contributed by atoms with Crippen molar-refractivity contribution in [3.63, 3.8) is 0 Å². The van der Waals surface area contributed by atoms with Gasteiger partial charge in [0.25, 0.3) is 0 Å². The maximum absolute atomic E-state index is 13.0. The van der Waals surface area contributed by atoms with Gasteiger partial charge in [-0.1, -0.05) is 23.7 Å². The van der Waals surface area contributed by atoms with Crippen LogP contribution in [0.25, 0.3) is 0 Å². The Kier molecular flexibility index (Phi) is 6.57. The first kappa shape index (κ1) is 20.5. The molecule has 0 atom stereocenters. The van der Waals surface area contributed by atoms with Gasteiger partial charge in [-0.2, -0.15) is 0 Å². The molecule has 150 valence electrons. The highest BCUT2D eigenvalue weighted by atomic mass is 35.5. The van der Waals surface area contributed by atoms with Gasteiger partial charge in [0.05, 0.1) is 18.4 Å². The summed E-state index contributed by atoms with van der Waals surface area (Å²) in [5.74, 6) is -0.199. The van der Waals surface area contributed by atoms with Crippen molar-refractivity contribution < 1.29 is 23.8 Å². The first-order valence-electron chi connectivity index (χ1n) is 8.77. The lowest BCUT2D eigenvalue weighted by atomic mass is 10.1. The molecule has 0 aromatic heterocycles. The fourth-order valence-corrected chi connectivity index (χ4v) is 2.93. The van der Waals surface area contributed by atoms with E-state index in [9.17, 15) is 14.3 Å². The van der Waals surface area contributed by atoms with Crippen LogP contribution in [-0.2, 0) is 13.2 Å². The second-order valence-corrected chi connectivity index (χ2v) is 6.68. The zero-order valence-corrected chi connectivity index (χ0v) is 16.4. The number of nitrogens with one attached hydrogen (secondary N) is 1. The minimum Gasteiger partial charge on any atom is -0.495 e. The van der Waals surface area contributed by atoms with Crippen molar-refractivity contribution in [2.24, 2.45) is 0 Å². The number of anilines is 1. The molecule has 0 bridgehead atoms. The maximum atomic E-state index is 13.0. The van der Waals surface area contributed by atoms with Crippen LogP contribution in [0, 0.1) is 5.82 Å². The summed E-state index contributed by atoms with van der Waals surface area (Å²) in [7, 11) is 1.51. The Hall–Kier alpha value is -3.25. The van der Waals surface area contributed by atoms with E-state index in [4.69, 9.17) is 21.1 Å². The SMILES string of the molecule is COc1ccc(C(=O)O)cc1NCc1cc(Cl)ccc1OCc1ccc(F)cc1. The Morgan fingerprint density at radius 3 is 2.48 bits per heavy atom. The Labute approximate surface area is 172 Å². The summed E-state index contributed by atoms with van der Waals surface area (Å²) in [5.41, 5.74) is 2.29. The molecule has 5 nitrogen and oxygen atoms in total. The van der Waals surface area contributed by atoms with Crippen LogP contribution < -0.4 is 14.8 Å². The van der Waals surface area contributed by atoms with Crippen molar-refractivity contribution in [3.8, 4) is 11.5 Å². The first-order chi connectivity index (χ1) is 14.0. The van der Waals surface area contributed by atoms with Crippen molar-refractivity contribution in [1.82, 2.24) is 0 Å². The summed E-state index contributed by atoms with van der Waals surface area (Å²) in [5, 5.41) is 12.9. The van der Waals surface area contributed by atoms with E-state index in [0.717, 1.165) is 11.1 Å². The zero-order chi connectivity index (χ0) is 20.8. The summed E-state index contributed by atoms with van der Waals surface area (Å²) in [6.45, 7) is 0.603. The van der Waals surface area contributed by atoms with Gasteiger partial charge in [-0.05, 0) is 54.1 Å². The average molecular weight is 416 g/mol. The quantitative estimate of drug-likeness (QED) is 0.517. The molecule has 0 spiro atoms. The number of carboxylic acid groups (broad SMARTS) is 1. The Morgan fingerprint density at radius 2 is 1.79 bits per heavy atom. The number of halogens is 2. The second-order valence-electron chi connectivity index (χ2n) is 6.24. The van der Waals surface area contributed by atoms with E-state index in [-0.39, 0.29) is 18.0 Å². The summed E-state index contributed by atoms with van der Waals surface area (Å²) >= 11 is 6.13. The van der Waals surface area contributed by atoms with Gasteiger partial charge in [0, 0.05) is 17.1 Å². The van der Waals surface area contributed by atoms with Gasteiger partial charge in [0.1, 0.15) is 23.9 Å². The molecule has 2 N–H and O–H groups in total. The molecular weight excluding hydrogens is 397 g/mol. The van der Waals surface area contributed by atoms with E-state index in [1.807, 2.05) is 0 Å². The van der Waals surface area contributed by atoms with E-state index >= 15 is 0 Å². The van der Waals surface area contributed by atoms with E-state index < -0.39 is 5.97 Å². The van der Waals surface area contributed by atoms with E-state index in [2.05, 4.69) is 5.32 Å². The summed E-state index contributed by atoms with van der Waals surface area (Å²) in [4.78, 5) is 11.2. The topological polar surface area (TPSA) is 67.8 Å². The number of methoxy groups -OCH3 is 1. The number of rotatable bonds is 8. The molecule has 0 aliphatic rings. The molecule has 0 fully saturated rings. The molecule has 0 saturated carbocycles. The predicted octanol–water partition coefficient (Wildman–Crippen LogP) is 5.38. The molecule has 29 heavy (non-hydrogen) atoms. The van der Waals surface area contributed by atoms with Gasteiger partial charge in [0.15, 0.2) is 0 Å².